The molecule has 0 amide bonds. The Morgan fingerprint density at radius 2 is 1.82 bits per heavy atom. The number of aromatic nitrogens is 2. The number of hydrogen-bond acceptors (Lipinski definition) is 4. The van der Waals surface area contributed by atoms with E-state index in [0.29, 0.717) is 11.3 Å². The first kappa shape index (κ1) is 10.8. The van der Waals surface area contributed by atoms with Crippen LogP contribution in [0.1, 0.15) is 11.1 Å². The van der Waals surface area contributed by atoms with Gasteiger partial charge in [-0.3, -0.25) is 9.97 Å². The van der Waals surface area contributed by atoms with Crippen LogP contribution in [0.15, 0.2) is 49.1 Å². The Bertz CT molecular complexity index is 567. The van der Waals surface area contributed by atoms with Crippen LogP contribution < -0.4 is 5.73 Å². The molecule has 0 bridgehead atoms. The SMILES string of the molecule is N#C/C(=C(/N)c1cccnc1)c1ccncc1. The van der Waals surface area contributed by atoms with Gasteiger partial charge < -0.3 is 5.73 Å². The maximum Gasteiger partial charge on any atom is 0.102 e. The fourth-order valence-electron chi connectivity index (χ4n) is 1.47. The van der Waals surface area contributed by atoms with Crippen LogP contribution in [0.3, 0.4) is 0 Å². The van der Waals surface area contributed by atoms with E-state index in [0.717, 1.165) is 11.1 Å². The van der Waals surface area contributed by atoms with E-state index < -0.39 is 0 Å². The van der Waals surface area contributed by atoms with Gasteiger partial charge in [0, 0.05) is 30.4 Å². The monoisotopic (exact) mass is 222 g/mol. The molecule has 0 saturated carbocycles. The molecule has 0 aliphatic carbocycles. The quantitative estimate of drug-likeness (QED) is 0.786. The average Bonchev–Trinajstić information content (AvgIpc) is 2.42. The Hall–Kier alpha value is -2.67. The molecule has 0 spiro atoms. The lowest BCUT2D eigenvalue weighted by Crippen LogP contribution is -2.01. The second kappa shape index (κ2) is 4.90. The fraction of sp³-hybridized carbons (Fsp3) is 0. The van der Waals surface area contributed by atoms with Crippen LogP contribution in [-0.4, -0.2) is 9.97 Å². The van der Waals surface area contributed by atoms with E-state index in [9.17, 15) is 5.26 Å². The highest BCUT2D eigenvalue weighted by atomic mass is 14.7. The summed E-state index contributed by atoms with van der Waals surface area (Å²) in [4.78, 5) is 7.89. The molecule has 82 valence electrons. The number of nitriles is 1. The highest BCUT2D eigenvalue weighted by Gasteiger charge is 2.07. The first-order valence-electron chi connectivity index (χ1n) is 5.03. The Morgan fingerprint density at radius 1 is 1.06 bits per heavy atom. The van der Waals surface area contributed by atoms with E-state index >= 15 is 0 Å². The summed E-state index contributed by atoms with van der Waals surface area (Å²) < 4.78 is 0. The smallest absolute Gasteiger partial charge is 0.102 e. The van der Waals surface area contributed by atoms with Gasteiger partial charge in [0.1, 0.15) is 6.07 Å². The molecule has 2 rings (SSSR count). The van der Waals surface area contributed by atoms with Gasteiger partial charge in [0.2, 0.25) is 0 Å². The van der Waals surface area contributed by atoms with Crippen LogP contribution in [0.4, 0.5) is 0 Å². The lowest BCUT2D eigenvalue weighted by atomic mass is 10.0. The lowest BCUT2D eigenvalue weighted by Gasteiger charge is -2.05. The van der Waals surface area contributed by atoms with Crippen molar-refractivity contribution in [1.29, 1.82) is 5.26 Å². The van der Waals surface area contributed by atoms with Gasteiger partial charge in [-0.2, -0.15) is 5.26 Å². The third-order valence-corrected chi connectivity index (χ3v) is 2.32. The number of rotatable bonds is 2. The average molecular weight is 222 g/mol. The Balaban J connectivity index is 2.53. The van der Waals surface area contributed by atoms with E-state index in [1.54, 1.807) is 43.0 Å². The third kappa shape index (κ3) is 2.29. The van der Waals surface area contributed by atoms with E-state index in [4.69, 9.17) is 5.73 Å². The first-order chi connectivity index (χ1) is 8.33. The molecule has 0 fully saturated rings. The molecular weight excluding hydrogens is 212 g/mol. The standard InChI is InChI=1S/C13H10N4/c14-8-12(10-3-6-16-7-4-10)13(15)11-2-1-5-17-9-11/h1-7,9H,15H2/b13-12-. The van der Waals surface area contributed by atoms with Crippen molar-refractivity contribution in [2.75, 3.05) is 0 Å². The van der Waals surface area contributed by atoms with E-state index in [-0.39, 0.29) is 0 Å². The zero-order valence-electron chi connectivity index (χ0n) is 9.04. The van der Waals surface area contributed by atoms with E-state index in [2.05, 4.69) is 16.0 Å². The second-order valence-corrected chi connectivity index (χ2v) is 3.38. The van der Waals surface area contributed by atoms with Crippen molar-refractivity contribution < 1.29 is 0 Å². The molecule has 2 heterocycles. The molecule has 0 aliphatic rings. The number of nitrogens with two attached hydrogens (primary N) is 1. The summed E-state index contributed by atoms with van der Waals surface area (Å²) >= 11 is 0. The maximum absolute atomic E-state index is 9.18. The minimum absolute atomic E-state index is 0.423. The normalized spacial score (nSPS) is 11.5. The highest BCUT2D eigenvalue weighted by molar-refractivity contribution is 5.95. The summed E-state index contributed by atoms with van der Waals surface area (Å²) in [6.45, 7) is 0. The Labute approximate surface area is 99.1 Å². The van der Waals surface area contributed by atoms with Gasteiger partial charge in [0.05, 0.1) is 11.3 Å². The van der Waals surface area contributed by atoms with Gasteiger partial charge in [0.15, 0.2) is 0 Å². The topological polar surface area (TPSA) is 75.6 Å². The van der Waals surface area contributed by atoms with Crippen molar-refractivity contribution >= 4 is 11.3 Å². The summed E-state index contributed by atoms with van der Waals surface area (Å²) in [5.74, 6) is 0. The zero-order valence-corrected chi connectivity index (χ0v) is 9.04. The number of allylic oxidation sites excluding steroid dienone is 1. The molecule has 0 atom stereocenters. The number of nitrogens with zero attached hydrogens (tertiary/aromatic N) is 3. The van der Waals surface area contributed by atoms with Crippen LogP contribution in [0.5, 0.6) is 0 Å². The van der Waals surface area contributed by atoms with Crippen LogP contribution in [0, 0.1) is 11.3 Å². The molecular formula is C13H10N4. The minimum atomic E-state index is 0.423. The van der Waals surface area contributed by atoms with Gasteiger partial charge in [-0.05, 0) is 29.8 Å². The molecule has 17 heavy (non-hydrogen) atoms. The third-order valence-electron chi connectivity index (χ3n) is 2.32. The predicted octanol–water partition coefficient (Wildman–Crippen LogP) is 1.83. The molecule has 2 aromatic rings. The molecule has 0 aromatic carbocycles. The Morgan fingerprint density at radius 3 is 2.41 bits per heavy atom. The molecule has 0 unspecified atom stereocenters. The van der Waals surface area contributed by atoms with Crippen molar-refractivity contribution in [3.05, 3.63) is 60.2 Å². The van der Waals surface area contributed by atoms with Gasteiger partial charge >= 0.3 is 0 Å². The van der Waals surface area contributed by atoms with Crippen molar-refractivity contribution in [1.82, 2.24) is 9.97 Å². The summed E-state index contributed by atoms with van der Waals surface area (Å²) in [5, 5.41) is 9.18. The molecule has 2 aromatic heterocycles. The fourth-order valence-corrected chi connectivity index (χ4v) is 1.47. The molecule has 0 aliphatic heterocycles. The predicted molar refractivity (Wildman–Crippen MR) is 65.1 cm³/mol. The van der Waals surface area contributed by atoms with Crippen LogP contribution in [0.2, 0.25) is 0 Å². The summed E-state index contributed by atoms with van der Waals surface area (Å²) in [6, 6.07) is 9.22. The van der Waals surface area contributed by atoms with E-state index in [1.807, 2.05) is 6.07 Å². The second-order valence-electron chi connectivity index (χ2n) is 3.38. The van der Waals surface area contributed by atoms with Gasteiger partial charge in [-0.1, -0.05) is 0 Å². The molecule has 0 radical (unpaired) electrons. The van der Waals surface area contributed by atoms with Crippen molar-refractivity contribution in [3.63, 3.8) is 0 Å². The zero-order chi connectivity index (χ0) is 12.1. The number of pyridine rings is 2. The van der Waals surface area contributed by atoms with Crippen molar-refractivity contribution in [2.45, 2.75) is 0 Å². The maximum atomic E-state index is 9.18. The van der Waals surface area contributed by atoms with Crippen LogP contribution in [0.25, 0.3) is 11.3 Å². The molecule has 4 nitrogen and oxygen atoms in total. The van der Waals surface area contributed by atoms with Crippen molar-refractivity contribution in [3.8, 4) is 6.07 Å². The van der Waals surface area contributed by atoms with E-state index in [1.165, 1.54) is 0 Å². The largest absolute Gasteiger partial charge is 0.397 e. The first-order valence-corrected chi connectivity index (χ1v) is 5.03. The van der Waals surface area contributed by atoms with Crippen molar-refractivity contribution in [2.24, 2.45) is 5.73 Å². The Kier molecular flexibility index (Phi) is 3.13. The van der Waals surface area contributed by atoms with Gasteiger partial charge in [-0.15, -0.1) is 0 Å². The minimum Gasteiger partial charge on any atom is -0.397 e. The lowest BCUT2D eigenvalue weighted by molar-refractivity contribution is 1.29. The molecule has 2 N–H and O–H groups in total. The number of hydrogen-bond donors (Lipinski definition) is 1. The van der Waals surface area contributed by atoms with Crippen LogP contribution in [-0.2, 0) is 0 Å². The molecule has 4 heteroatoms. The summed E-state index contributed by atoms with van der Waals surface area (Å²) in [7, 11) is 0. The van der Waals surface area contributed by atoms with Crippen LogP contribution >= 0.6 is 0 Å². The highest BCUT2D eigenvalue weighted by Crippen LogP contribution is 2.20. The summed E-state index contributed by atoms with van der Waals surface area (Å²) in [5.41, 5.74) is 8.32. The molecule has 0 saturated heterocycles. The van der Waals surface area contributed by atoms with Gasteiger partial charge in [-0.25, -0.2) is 0 Å². The summed E-state index contributed by atoms with van der Waals surface area (Å²) in [6.07, 6.45) is 6.55. The van der Waals surface area contributed by atoms with Gasteiger partial charge in [0.25, 0.3) is 0 Å².